The monoisotopic (exact) mass is 448 g/mol. The maximum absolute atomic E-state index is 12.4. The van der Waals surface area contributed by atoms with Crippen LogP contribution in [0.2, 0.25) is 0 Å². The van der Waals surface area contributed by atoms with Crippen LogP contribution in [0, 0.1) is 0 Å². The maximum atomic E-state index is 12.4. The molecule has 8 heteroatoms. The van der Waals surface area contributed by atoms with Crippen LogP contribution in [0.4, 0.5) is 0 Å². The fourth-order valence-corrected chi connectivity index (χ4v) is 2.69. The molecule has 3 aromatic rings. The number of ether oxygens (including phenoxy) is 4. The third-order valence-corrected chi connectivity index (χ3v) is 4.44. The van der Waals surface area contributed by atoms with Crippen molar-refractivity contribution in [2.75, 3.05) is 13.9 Å². The Morgan fingerprint density at radius 2 is 0.939 bits per heavy atom. The first-order valence-electron chi connectivity index (χ1n) is 9.79. The second-order valence-electron chi connectivity index (χ2n) is 6.80. The van der Waals surface area contributed by atoms with E-state index in [0.29, 0.717) is 11.3 Å². The SMILES string of the molecule is COCOC(=O)c1ccc(OC(=O)c2ccc(C(=O)Oc3ccc(C(C)=O)cc3)cc2)cc1. The first-order chi connectivity index (χ1) is 15.9. The molecule has 0 unspecified atom stereocenters. The number of esters is 3. The Balaban J connectivity index is 1.58. The standard InChI is InChI=1S/C25H20O8/c1-16(26)17-7-11-21(12-8-17)32-24(28)19-3-5-20(6-4-19)25(29)33-22-13-9-18(10-14-22)23(27)31-15-30-2/h3-14H,15H2,1-2H3. The summed E-state index contributed by atoms with van der Waals surface area (Å²) in [4.78, 5) is 47.7. The molecule has 0 radical (unpaired) electrons. The minimum atomic E-state index is -0.635. The summed E-state index contributed by atoms with van der Waals surface area (Å²) in [5, 5.41) is 0. The molecule has 0 fully saturated rings. The Bertz CT molecular complexity index is 1150. The van der Waals surface area contributed by atoms with Crippen molar-refractivity contribution in [2.24, 2.45) is 0 Å². The highest BCUT2D eigenvalue weighted by atomic mass is 16.7. The highest BCUT2D eigenvalue weighted by Gasteiger charge is 2.14. The average molecular weight is 448 g/mol. The zero-order valence-corrected chi connectivity index (χ0v) is 17.9. The van der Waals surface area contributed by atoms with E-state index < -0.39 is 17.9 Å². The number of benzene rings is 3. The molecule has 33 heavy (non-hydrogen) atoms. The van der Waals surface area contributed by atoms with E-state index in [9.17, 15) is 19.2 Å². The summed E-state index contributed by atoms with van der Waals surface area (Å²) in [7, 11) is 1.40. The highest BCUT2D eigenvalue weighted by molar-refractivity contribution is 5.96. The zero-order valence-electron chi connectivity index (χ0n) is 17.9. The van der Waals surface area contributed by atoms with Gasteiger partial charge >= 0.3 is 17.9 Å². The van der Waals surface area contributed by atoms with Gasteiger partial charge in [0.15, 0.2) is 12.6 Å². The van der Waals surface area contributed by atoms with Crippen molar-refractivity contribution >= 4 is 23.7 Å². The number of rotatable bonds is 8. The van der Waals surface area contributed by atoms with Gasteiger partial charge in [-0.1, -0.05) is 0 Å². The first kappa shape index (κ1) is 23.4. The van der Waals surface area contributed by atoms with Crippen LogP contribution < -0.4 is 9.47 Å². The van der Waals surface area contributed by atoms with Gasteiger partial charge in [-0.05, 0) is 79.7 Å². The van der Waals surface area contributed by atoms with Crippen LogP contribution in [-0.2, 0) is 9.47 Å². The Morgan fingerprint density at radius 1 is 0.576 bits per heavy atom. The second kappa shape index (κ2) is 10.8. The van der Waals surface area contributed by atoms with E-state index in [1.807, 2.05) is 0 Å². The molecule has 0 amide bonds. The Kier molecular flexibility index (Phi) is 7.67. The Labute approximate surface area is 189 Å². The van der Waals surface area contributed by atoms with E-state index in [4.69, 9.17) is 14.2 Å². The predicted octanol–water partition coefficient (Wildman–Crippen LogP) is 4.09. The molecule has 0 aliphatic carbocycles. The third-order valence-electron chi connectivity index (χ3n) is 4.44. The van der Waals surface area contributed by atoms with Crippen LogP contribution >= 0.6 is 0 Å². The summed E-state index contributed by atoms with van der Waals surface area (Å²) in [5.74, 6) is -1.36. The summed E-state index contributed by atoms with van der Waals surface area (Å²) in [6, 6.07) is 17.8. The molecule has 3 aromatic carbocycles. The summed E-state index contributed by atoms with van der Waals surface area (Å²) >= 11 is 0. The fourth-order valence-electron chi connectivity index (χ4n) is 2.69. The number of hydrogen-bond acceptors (Lipinski definition) is 8. The summed E-state index contributed by atoms with van der Waals surface area (Å²) in [6.45, 7) is 1.29. The number of ketones is 1. The van der Waals surface area contributed by atoms with Crippen LogP contribution in [0.15, 0.2) is 72.8 Å². The molecule has 0 aromatic heterocycles. The van der Waals surface area contributed by atoms with Gasteiger partial charge < -0.3 is 18.9 Å². The van der Waals surface area contributed by atoms with Crippen molar-refractivity contribution in [3.8, 4) is 11.5 Å². The molecular weight excluding hydrogens is 428 g/mol. The van der Waals surface area contributed by atoms with Crippen LogP contribution in [0.1, 0.15) is 48.4 Å². The van der Waals surface area contributed by atoms with Gasteiger partial charge in [-0.2, -0.15) is 0 Å². The van der Waals surface area contributed by atoms with Gasteiger partial charge in [0, 0.05) is 12.7 Å². The van der Waals surface area contributed by atoms with E-state index in [0.717, 1.165) is 0 Å². The van der Waals surface area contributed by atoms with Gasteiger partial charge in [-0.3, -0.25) is 4.79 Å². The largest absolute Gasteiger partial charge is 0.435 e. The summed E-state index contributed by atoms with van der Waals surface area (Å²) in [5.41, 5.74) is 1.26. The number of methoxy groups -OCH3 is 1. The molecule has 0 aliphatic rings. The molecule has 0 N–H and O–H groups in total. The molecule has 0 aliphatic heterocycles. The molecular formula is C25H20O8. The third kappa shape index (κ3) is 6.34. The zero-order chi connectivity index (χ0) is 23.8. The quantitative estimate of drug-likeness (QED) is 0.220. The van der Waals surface area contributed by atoms with Crippen LogP contribution in [0.5, 0.6) is 11.5 Å². The number of carbonyl (C=O) groups excluding carboxylic acids is 4. The molecule has 0 atom stereocenters. The van der Waals surface area contributed by atoms with Crippen molar-refractivity contribution in [1.29, 1.82) is 0 Å². The van der Waals surface area contributed by atoms with Crippen molar-refractivity contribution in [3.05, 3.63) is 95.1 Å². The molecule has 0 spiro atoms. The van der Waals surface area contributed by atoms with Gasteiger partial charge in [0.2, 0.25) is 0 Å². The smallest absolute Gasteiger partial charge is 0.343 e. The fraction of sp³-hybridized carbons (Fsp3) is 0.120. The van der Waals surface area contributed by atoms with E-state index >= 15 is 0 Å². The minimum Gasteiger partial charge on any atom is -0.435 e. The Morgan fingerprint density at radius 3 is 1.33 bits per heavy atom. The topological polar surface area (TPSA) is 105 Å². The normalized spacial score (nSPS) is 10.2. The first-order valence-corrected chi connectivity index (χ1v) is 9.79. The Hall–Kier alpha value is -4.30. The van der Waals surface area contributed by atoms with E-state index in [1.165, 1.54) is 74.7 Å². The van der Waals surface area contributed by atoms with E-state index in [1.54, 1.807) is 12.1 Å². The molecule has 168 valence electrons. The van der Waals surface area contributed by atoms with Crippen molar-refractivity contribution in [3.63, 3.8) is 0 Å². The molecule has 0 bridgehead atoms. The number of Topliss-reactive ketones (excluding diaryl/α,β-unsaturated/α-hetero) is 1. The lowest BCUT2D eigenvalue weighted by atomic mass is 10.1. The molecule has 0 saturated heterocycles. The molecule has 3 rings (SSSR count). The van der Waals surface area contributed by atoms with Crippen molar-refractivity contribution in [1.82, 2.24) is 0 Å². The lowest BCUT2D eigenvalue weighted by Crippen LogP contribution is -2.11. The van der Waals surface area contributed by atoms with E-state index in [2.05, 4.69) is 4.74 Å². The van der Waals surface area contributed by atoms with Gasteiger partial charge in [-0.25, -0.2) is 14.4 Å². The van der Waals surface area contributed by atoms with Gasteiger partial charge in [0.25, 0.3) is 0 Å². The van der Waals surface area contributed by atoms with Gasteiger partial charge in [0.05, 0.1) is 16.7 Å². The lowest BCUT2D eigenvalue weighted by molar-refractivity contribution is -0.0125. The second-order valence-corrected chi connectivity index (χ2v) is 6.80. The minimum absolute atomic E-state index is 0.0872. The van der Waals surface area contributed by atoms with Crippen LogP contribution in [0.25, 0.3) is 0 Å². The predicted molar refractivity (Wildman–Crippen MR) is 117 cm³/mol. The molecule has 0 heterocycles. The molecule has 0 saturated carbocycles. The highest BCUT2D eigenvalue weighted by Crippen LogP contribution is 2.17. The maximum Gasteiger partial charge on any atom is 0.343 e. The summed E-state index contributed by atoms with van der Waals surface area (Å²) in [6.07, 6.45) is 0. The van der Waals surface area contributed by atoms with Gasteiger partial charge in [0.1, 0.15) is 11.5 Å². The number of carbonyl (C=O) groups is 4. The van der Waals surface area contributed by atoms with Crippen molar-refractivity contribution < 1.29 is 38.1 Å². The summed E-state index contributed by atoms with van der Waals surface area (Å²) < 4.78 is 20.1. The lowest BCUT2D eigenvalue weighted by Gasteiger charge is -2.07. The molecule has 8 nitrogen and oxygen atoms in total. The van der Waals surface area contributed by atoms with Crippen LogP contribution in [-0.4, -0.2) is 37.6 Å². The average Bonchev–Trinajstić information content (AvgIpc) is 2.83. The van der Waals surface area contributed by atoms with Gasteiger partial charge in [-0.15, -0.1) is 0 Å². The van der Waals surface area contributed by atoms with Crippen LogP contribution in [0.3, 0.4) is 0 Å². The van der Waals surface area contributed by atoms with E-state index in [-0.39, 0.29) is 35.0 Å². The van der Waals surface area contributed by atoms with Crippen molar-refractivity contribution in [2.45, 2.75) is 6.92 Å². The number of hydrogen-bond donors (Lipinski definition) is 0.